The number of Topliss-reactive ketones (excluding diaryl/α,β-unsaturated/α-hetero) is 1. The zero-order chi connectivity index (χ0) is 21.8. The van der Waals surface area contributed by atoms with Gasteiger partial charge in [0.15, 0.2) is 13.2 Å². The maximum absolute atomic E-state index is 12.1. The number of rotatable bonds is 7. The fourth-order valence-corrected chi connectivity index (χ4v) is 2.79. The smallest absolute Gasteiger partial charge is 0.344 e. The third kappa shape index (κ3) is 4.69. The van der Waals surface area contributed by atoms with E-state index in [4.69, 9.17) is 13.9 Å². The van der Waals surface area contributed by atoms with Crippen LogP contribution in [0, 0.1) is 24.0 Å². The Labute approximate surface area is 170 Å². The number of nitro groups is 1. The van der Waals surface area contributed by atoms with E-state index in [-0.39, 0.29) is 17.0 Å². The number of carbonyl (C=O) groups excluding carboxylic acids is 2. The highest BCUT2D eigenvalue weighted by Gasteiger charge is 2.16. The van der Waals surface area contributed by atoms with Crippen LogP contribution in [0.25, 0.3) is 11.0 Å². The van der Waals surface area contributed by atoms with Crippen LogP contribution in [-0.4, -0.2) is 29.9 Å². The summed E-state index contributed by atoms with van der Waals surface area (Å²) in [6.45, 7) is 2.29. The van der Waals surface area contributed by atoms with Gasteiger partial charge in [-0.15, -0.1) is 0 Å². The maximum atomic E-state index is 12.1. The molecule has 9 nitrogen and oxygen atoms in total. The van der Waals surface area contributed by atoms with Crippen molar-refractivity contribution in [1.82, 2.24) is 0 Å². The highest BCUT2D eigenvalue weighted by molar-refractivity contribution is 5.98. The fraction of sp³-hybridized carbons (Fsp3) is 0.190. The van der Waals surface area contributed by atoms with Gasteiger partial charge in [-0.2, -0.15) is 0 Å². The predicted octanol–water partition coefficient (Wildman–Crippen LogP) is 3.12. The molecule has 0 N–H and O–H groups in total. The van der Waals surface area contributed by atoms with Crippen LogP contribution in [0.15, 0.2) is 51.7 Å². The summed E-state index contributed by atoms with van der Waals surface area (Å²) in [5, 5.41) is 11.7. The molecule has 3 aromatic rings. The summed E-state index contributed by atoms with van der Waals surface area (Å²) in [7, 11) is 0. The van der Waals surface area contributed by atoms with Gasteiger partial charge in [0, 0.05) is 34.7 Å². The van der Waals surface area contributed by atoms with E-state index < -0.39 is 35.5 Å². The lowest BCUT2D eigenvalue weighted by Gasteiger charge is -2.08. The Morgan fingerprint density at radius 2 is 1.80 bits per heavy atom. The fourth-order valence-electron chi connectivity index (χ4n) is 2.79. The molecule has 3 rings (SSSR count). The van der Waals surface area contributed by atoms with Gasteiger partial charge in [-0.1, -0.05) is 12.1 Å². The molecule has 0 spiro atoms. The molecule has 0 aliphatic carbocycles. The first-order valence-corrected chi connectivity index (χ1v) is 8.86. The molecule has 0 aliphatic rings. The normalized spacial score (nSPS) is 10.6. The zero-order valence-electron chi connectivity index (χ0n) is 16.2. The Morgan fingerprint density at radius 1 is 1.03 bits per heavy atom. The number of nitrogens with zero attached hydrogens (tertiary/aromatic N) is 1. The second kappa shape index (κ2) is 8.56. The largest absolute Gasteiger partial charge is 0.482 e. The Balaban J connectivity index is 1.58. The lowest BCUT2D eigenvalue weighted by Crippen LogP contribution is -2.19. The van der Waals surface area contributed by atoms with Gasteiger partial charge < -0.3 is 13.9 Å². The Morgan fingerprint density at radius 3 is 2.53 bits per heavy atom. The minimum absolute atomic E-state index is 0.0703. The molecule has 9 heteroatoms. The molecule has 30 heavy (non-hydrogen) atoms. The van der Waals surface area contributed by atoms with Crippen molar-refractivity contribution >= 4 is 28.4 Å². The molecule has 1 heterocycles. The lowest BCUT2D eigenvalue weighted by molar-refractivity contribution is -0.385. The highest BCUT2D eigenvalue weighted by atomic mass is 16.6. The molecular weight excluding hydrogens is 394 g/mol. The molecule has 0 radical (unpaired) electrons. The quantitative estimate of drug-likeness (QED) is 0.191. The Bertz CT molecular complexity index is 1210. The molecule has 0 amide bonds. The number of carbonyl (C=O) groups is 2. The van der Waals surface area contributed by atoms with Crippen LogP contribution in [0.1, 0.15) is 21.5 Å². The van der Waals surface area contributed by atoms with E-state index >= 15 is 0 Å². The summed E-state index contributed by atoms with van der Waals surface area (Å²) in [5.74, 6) is -1.08. The molecule has 0 bridgehead atoms. The van der Waals surface area contributed by atoms with Crippen LogP contribution in [0.4, 0.5) is 5.69 Å². The highest BCUT2D eigenvalue weighted by Crippen LogP contribution is 2.22. The van der Waals surface area contributed by atoms with Gasteiger partial charge in [0.1, 0.15) is 11.3 Å². The summed E-state index contributed by atoms with van der Waals surface area (Å²) in [6, 6.07) is 10.2. The summed E-state index contributed by atoms with van der Waals surface area (Å²) in [6.07, 6.45) is 0. The number of fused-ring (bicyclic) bond motifs is 1. The minimum Gasteiger partial charge on any atom is -0.482 e. The second-order valence-electron chi connectivity index (χ2n) is 6.54. The first-order valence-electron chi connectivity index (χ1n) is 8.86. The SMILES string of the molecule is Cc1ccc(C(=O)COC(=O)COc2ccc3c(C)cc(=O)oc3c2)cc1[N+](=O)[O-]. The molecule has 0 saturated carbocycles. The van der Waals surface area contributed by atoms with Gasteiger partial charge in [-0.25, -0.2) is 9.59 Å². The Hall–Kier alpha value is -4.01. The zero-order valence-corrected chi connectivity index (χ0v) is 16.2. The number of nitro benzene ring substituents is 1. The van der Waals surface area contributed by atoms with Crippen molar-refractivity contribution in [2.24, 2.45) is 0 Å². The second-order valence-corrected chi connectivity index (χ2v) is 6.54. The summed E-state index contributed by atoms with van der Waals surface area (Å²) in [5.41, 5.74) is 0.883. The van der Waals surface area contributed by atoms with Crippen LogP contribution >= 0.6 is 0 Å². The van der Waals surface area contributed by atoms with E-state index in [1.807, 2.05) is 0 Å². The van der Waals surface area contributed by atoms with Crippen molar-refractivity contribution in [2.75, 3.05) is 13.2 Å². The van der Waals surface area contributed by atoms with Gasteiger partial charge in [-0.05, 0) is 31.5 Å². The Kier molecular flexibility index (Phi) is 5.91. The van der Waals surface area contributed by atoms with E-state index in [2.05, 4.69) is 0 Å². The van der Waals surface area contributed by atoms with Gasteiger partial charge in [-0.3, -0.25) is 14.9 Å². The van der Waals surface area contributed by atoms with Gasteiger partial charge >= 0.3 is 11.6 Å². The minimum atomic E-state index is -0.796. The van der Waals surface area contributed by atoms with E-state index in [1.165, 1.54) is 24.3 Å². The molecule has 0 atom stereocenters. The van der Waals surface area contributed by atoms with Crippen LogP contribution in [-0.2, 0) is 9.53 Å². The van der Waals surface area contributed by atoms with E-state index in [0.717, 1.165) is 17.0 Å². The standard InChI is InChI=1S/C21H17NO8/c1-12-3-4-14(8-17(12)22(26)27)18(23)10-29-21(25)11-28-15-5-6-16-13(2)7-20(24)30-19(16)9-15/h3-9H,10-11H2,1-2H3. The van der Waals surface area contributed by atoms with Crippen molar-refractivity contribution < 1.29 is 28.4 Å². The first-order chi connectivity index (χ1) is 14.2. The molecule has 0 aliphatic heterocycles. The van der Waals surface area contributed by atoms with Crippen molar-refractivity contribution in [3.05, 3.63) is 79.7 Å². The third-order valence-electron chi connectivity index (χ3n) is 4.37. The number of ketones is 1. The van der Waals surface area contributed by atoms with E-state index in [9.17, 15) is 24.5 Å². The van der Waals surface area contributed by atoms with Crippen LogP contribution in [0.2, 0.25) is 0 Å². The molecule has 0 saturated heterocycles. The van der Waals surface area contributed by atoms with Crippen LogP contribution in [0.5, 0.6) is 5.75 Å². The average molecular weight is 411 g/mol. The first kappa shape index (κ1) is 20.7. The number of hydrogen-bond donors (Lipinski definition) is 0. The molecule has 0 fully saturated rings. The molecule has 1 aromatic heterocycles. The molecule has 0 unspecified atom stereocenters. The number of hydrogen-bond acceptors (Lipinski definition) is 8. The van der Waals surface area contributed by atoms with E-state index in [1.54, 1.807) is 26.0 Å². The number of esters is 1. The number of ether oxygens (including phenoxy) is 2. The lowest BCUT2D eigenvalue weighted by atomic mass is 10.1. The molecular formula is C21H17NO8. The summed E-state index contributed by atoms with van der Waals surface area (Å²) in [4.78, 5) is 45.9. The summed E-state index contributed by atoms with van der Waals surface area (Å²) >= 11 is 0. The third-order valence-corrected chi connectivity index (χ3v) is 4.37. The van der Waals surface area contributed by atoms with Crippen molar-refractivity contribution in [3.63, 3.8) is 0 Å². The molecule has 154 valence electrons. The number of aryl methyl sites for hydroxylation is 2. The van der Waals surface area contributed by atoms with Gasteiger partial charge in [0.25, 0.3) is 5.69 Å². The van der Waals surface area contributed by atoms with Crippen molar-refractivity contribution in [3.8, 4) is 5.75 Å². The maximum Gasteiger partial charge on any atom is 0.344 e. The van der Waals surface area contributed by atoms with Crippen LogP contribution in [0.3, 0.4) is 0 Å². The van der Waals surface area contributed by atoms with Crippen molar-refractivity contribution in [2.45, 2.75) is 13.8 Å². The topological polar surface area (TPSA) is 126 Å². The van der Waals surface area contributed by atoms with Gasteiger partial charge in [0.05, 0.1) is 4.92 Å². The van der Waals surface area contributed by atoms with E-state index in [0.29, 0.717) is 11.1 Å². The predicted molar refractivity (Wildman–Crippen MR) is 106 cm³/mol. The van der Waals surface area contributed by atoms with Gasteiger partial charge in [0.2, 0.25) is 5.78 Å². The molecule has 2 aromatic carbocycles. The summed E-state index contributed by atoms with van der Waals surface area (Å²) < 4.78 is 15.3. The van der Waals surface area contributed by atoms with Crippen molar-refractivity contribution in [1.29, 1.82) is 0 Å². The average Bonchev–Trinajstić information content (AvgIpc) is 2.70. The van der Waals surface area contributed by atoms with Crippen LogP contribution < -0.4 is 10.4 Å². The number of benzene rings is 2. The monoisotopic (exact) mass is 411 g/mol.